The lowest BCUT2D eigenvalue weighted by Crippen LogP contribution is -2.58. The number of aromatic carboxylic acids is 1. The molecule has 42 heavy (non-hydrogen) atoms. The molecule has 1 amide bonds. The van der Waals surface area contributed by atoms with Gasteiger partial charge in [-0.15, -0.1) is 11.3 Å². The molecule has 2 saturated carbocycles. The number of carbonyl (C=O) groups is 2. The van der Waals surface area contributed by atoms with Crippen LogP contribution in [0.1, 0.15) is 119 Å². The van der Waals surface area contributed by atoms with Gasteiger partial charge in [0.25, 0.3) is 5.19 Å². The van der Waals surface area contributed by atoms with Gasteiger partial charge in [0.15, 0.2) is 0 Å². The summed E-state index contributed by atoms with van der Waals surface area (Å²) < 4.78 is 6.39. The first-order valence-corrected chi connectivity index (χ1v) is 17.3. The molecule has 1 aliphatic heterocycles. The van der Waals surface area contributed by atoms with E-state index in [2.05, 4.69) is 22.1 Å². The van der Waals surface area contributed by atoms with E-state index < -0.39 is 5.97 Å². The topological polar surface area (TPSA) is 83.0 Å². The first kappa shape index (κ1) is 31.0. The molecule has 228 valence electrons. The maximum Gasteiger partial charge on any atom is 0.348 e. The Balaban J connectivity index is 1.34. The van der Waals surface area contributed by atoms with Gasteiger partial charge < -0.3 is 14.7 Å². The zero-order valence-electron chi connectivity index (χ0n) is 25.5. The van der Waals surface area contributed by atoms with Crippen LogP contribution in [0.25, 0.3) is 0 Å². The van der Waals surface area contributed by atoms with E-state index in [1.165, 1.54) is 24.2 Å². The molecule has 5 rings (SSSR count). The summed E-state index contributed by atoms with van der Waals surface area (Å²) >= 11 is 2.78. The molecule has 1 N–H and O–H groups in total. The fourth-order valence-electron chi connectivity index (χ4n) is 7.16. The van der Waals surface area contributed by atoms with Gasteiger partial charge >= 0.3 is 5.97 Å². The molecule has 3 aliphatic rings. The third-order valence-electron chi connectivity index (χ3n) is 9.00. The van der Waals surface area contributed by atoms with Crippen molar-refractivity contribution in [2.45, 2.75) is 117 Å². The second-order valence-electron chi connectivity index (χ2n) is 13.3. The Morgan fingerprint density at radius 1 is 1.12 bits per heavy atom. The van der Waals surface area contributed by atoms with Crippen LogP contribution in [-0.4, -0.2) is 51.6 Å². The maximum atomic E-state index is 13.5. The molecule has 3 heterocycles. The lowest BCUT2D eigenvalue weighted by atomic mass is 9.66. The molecule has 0 bridgehead atoms. The smallest absolute Gasteiger partial charge is 0.348 e. The van der Waals surface area contributed by atoms with E-state index in [1.54, 1.807) is 18.3 Å². The Hall–Kier alpha value is -2.41. The third-order valence-corrected chi connectivity index (χ3v) is 10.8. The molecule has 0 aromatic carbocycles. The highest BCUT2D eigenvalue weighted by Gasteiger charge is 2.48. The number of likely N-dealkylation sites (tertiary alicyclic amines) is 1. The van der Waals surface area contributed by atoms with Crippen molar-refractivity contribution in [2.75, 3.05) is 18.0 Å². The average molecular weight is 612 g/mol. The molecular weight excluding hydrogens is 567 g/mol. The third kappa shape index (κ3) is 7.20. The number of nitrogens with zero attached hydrogens (tertiary/aromatic N) is 3. The minimum atomic E-state index is -0.999. The molecule has 0 atom stereocenters. The highest BCUT2D eigenvalue weighted by Crippen LogP contribution is 2.49. The van der Waals surface area contributed by atoms with Gasteiger partial charge in [0.05, 0.1) is 21.8 Å². The number of carbonyl (C=O) groups excluding carboxylic acids is 1. The summed E-state index contributed by atoms with van der Waals surface area (Å²) in [7, 11) is 0. The number of amides is 1. The number of thiophene rings is 1. The molecule has 2 aromatic rings. The van der Waals surface area contributed by atoms with Crippen molar-refractivity contribution in [3.05, 3.63) is 26.9 Å². The van der Waals surface area contributed by atoms with Crippen LogP contribution in [0.4, 0.5) is 5.69 Å². The van der Waals surface area contributed by atoms with Crippen LogP contribution >= 0.6 is 22.7 Å². The number of rotatable bonds is 8. The number of ether oxygens (including phenoxy) is 1. The van der Waals surface area contributed by atoms with Crippen LogP contribution in [0, 0.1) is 23.2 Å². The quantitative estimate of drug-likeness (QED) is 0.310. The standard InChI is InChI=1S/C33H45N3O4S2/c1-23(37)36(28-20-27(14-17-32(2,3)4)42-29(28)30(38)39)33(15-6-5-7-16-33)24-10-12-26(13-11-24)40-31-34-25(22-41-31)21-35-18-8-9-19-35/h20,22,24,26H,5-13,15-16,18-19,21H2,1-4H3,(H,38,39). The summed E-state index contributed by atoms with van der Waals surface area (Å²) in [6, 6.07) is 1.85. The first-order chi connectivity index (χ1) is 20.0. The number of carboxylic acid groups (broad SMARTS) is 1. The summed E-state index contributed by atoms with van der Waals surface area (Å²) in [4.78, 5) is 35.9. The Morgan fingerprint density at radius 3 is 2.43 bits per heavy atom. The van der Waals surface area contributed by atoms with Gasteiger partial charge in [0, 0.05) is 24.3 Å². The van der Waals surface area contributed by atoms with Gasteiger partial charge in [-0.05, 0) is 97.2 Å². The van der Waals surface area contributed by atoms with E-state index in [9.17, 15) is 14.7 Å². The minimum Gasteiger partial charge on any atom is -0.477 e. The molecule has 2 aromatic heterocycles. The van der Waals surface area contributed by atoms with Crippen LogP contribution in [0.3, 0.4) is 0 Å². The van der Waals surface area contributed by atoms with Crippen LogP contribution in [0.2, 0.25) is 0 Å². The molecule has 7 nitrogen and oxygen atoms in total. The minimum absolute atomic E-state index is 0.0841. The van der Waals surface area contributed by atoms with Gasteiger partial charge in [-0.3, -0.25) is 9.69 Å². The van der Waals surface area contributed by atoms with Crippen molar-refractivity contribution in [2.24, 2.45) is 11.3 Å². The van der Waals surface area contributed by atoms with Crippen LogP contribution in [0.5, 0.6) is 5.19 Å². The zero-order chi connectivity index (χ0) is 29.9. The predicted octanol–water partition coefficient (Wildman–Crippen LogP) is 7.59. The van der Waals surface area contributed by atoms with Crippen molar-refractivity contribution in [3.8, 4) is 17.0 Å². The van der Waals surface area contributed by atoms with Crippen molar-refractivity contribution in [1.29, 1.82) is 0 Å². The highest BCUT2D eigenvalue weighted by atomic mass is 32.1. The van der Waals surface area contributed by atoms with Gasteiger partial charge in [0.1, 0.15) is 11.0 Å². The Kier molecular flexibility index (Phi) is 9.66. The van der Waals surface area contributed by atoms with Crippen molar-refractivity contribution in [3.63, 3.8) is 0 Å². The lowest BCUT2D eigenvalue weighted by Gasteiger charge is -2.52. The monoisotopic (exact) mass is 611 g/mol. The molecule has 0 unspecified atom stereocenters. The average Bonchev–Trinajstić information content (AvgIpc) is 3.70. The highest BCUT2D eigenvalue weighted by molar-refractivity contribution is 7.15. The number of anilines is 1. The van der Waals surface area contributed by atoms with Crippen molar-refractivity contribution >= 4 is 40.2 Å². The Bertz CT molecular complexity index is 1310. The van der Waals surface area contributed by atoms with Gasteiger partial charge in [-0.2, -0.15) is 0 Å². The molecule has 0 radical (unpaired) electrons. The van der Waals surface area contributed by atoms with E-state index in [0.29, 0.717) is 10.6 Å². The number of aromatic nitrogens is 1. The number of hydrogen-bond donors (Lipinski definition) is 1. The predicted molar refractivity (Wildman–Crippen MR) is 170 cm³/mol. The number of thiazole rings is 1. The number of carboxylic acids is 1. The summed E-state index contributed by atoms with van der Waals surface area (Å²) in [5.74, 6) is 5.61. The molecule has 9 heteroatoms. The summed E-state index contributed by atoms with van der Waals surface area (Å²) in [5, 5.41) is 13.1. The second-order valence-corrected chi connectivity index (χ2v) is 15.2. The SMILES string of the molecule is CC(=O)N(c1cc(C#CC(C)(C)C)sc1C(=O)O)C1(C2CCC(Oc3nc(CN4CCCC4)cs3)CC2)CCCCC1. The summed E-state index contributed by atoms with van der Waals surface area (Å²) in [6.07, 6.45) is 11.4. The van der Waals surface area contributed by atoms with Crippen molar-refractivity contribution < 1.29 is 19.4 Å². The molecule has 2 aliphatic carbocycles. The normalized spacial score (nSPS) is 22.8. The summed E-state index contributed by atoms with van der Waals surface area (Å²) in [6.45, 7) is 10.9. The molecule has 1 saturated heterocycles. The zero-order valence-corrected chi connectivity index (χ0v) is 27.2. The Morgan fingerprint density at radius 2 is 1.81 bits per heavy atom. The van der Waals surface area contributed by atoms with Gasteiger partial charge in [-0.1, -0.05) is 42.4 Å². The van der Waals surface area contributed by atoms with Gasteiger partial charge in [-0.25, -0.2) is 9.78 Å². The van der Waals surface area contributed by atoms with E-state index in [0.717, 1.165) is 88.3 Å². The number of hydrogen-bond acceptors (Lipinski definition) is 7. The van der Waals surface area contributed by atoms with Crippen LogP contribution in [-0.2, 0) is 11.3 Å². The fraction of sp³-hybridized carbons (Fsp3) is 0.667. The van der Waals surface area contributed by atoms with Gasteiger partial charge in [0.2, 0.25) is 5.91 Å². The van der Waals surface area contributed by atoms with E-state index in [1.807, 2.05) is 31.7 Å². The largest absolute Gasteiger partial charge is 0.477 e. The lowest BCUT2D eigenvalue weighted by molar-refractivity contribution is -0.118. The van der Waals surface area contributed by atoms with Crippen LogP contribution in [0.15, 0.2) is 11.4 Å². The fourth-order valence-corrected chi connectivity index (χ4v) is 8.72. The van der Waals surface area contributed by atoms with Crippen LogP contribution < -0.4 is 9.64 Å². The Labute approximate surface area is 258 Å². The molecule has 3 fully saturated rings. The first-order valence-electron chi connectivity index (χ1n) is 15.6. The maximum absolute atomic E-state index is 13.5. The van der Waals surface area contributed by atoms with E-state index in [4.69, 9.17) is 9.72 Å². The molecule has 0 spiro atoms. The second kappa shape index (κ2) is 13.1. The summed E-state index contributed by atoms with van der Waals surface area (Å²) in [5.41, 5.74) is 1.03. The molecular formula is C33H45N3O4S2. The van der Waals surface area contributed by atoms with E-state index >= 15 is 0 Å². The van der Waals surface area contributed by atoms with Crippen molar-refractivity contribution in [1.82, 2.24) is 9.88 Å². The van der Waals surface area contributed by atoms with E-state index in [-0.39, 0.29) is 33.8 Å².